The van der Waals surface area contributed by atoms with Gasteiger partial charge < -0.3 is 15.4 Å². The Kier molecular flexibility index (Phi) is 7.94. The van der Waals surface area contributed by atoms with Crippen LogP contribution in [0, 0.1) is 12.7 Å². The smallest absolute Gasteiger partial charge is 0.309 e. The Morgan fingerprint density at radius 3 is 2.56 bits per heavy atom. The van der Waals surface area contributed by atoms with E-state index in [-0.39, 0.29) is 23.5 Å². The molecule has 0 bridgehead atoms. The van der Waals surface area contributed by atoms with E-state index in [1.807, 2.05) is 30.3 Å². The average Bonchev–Trinajstić information content (AvgIpc) is 2.80. The van der Waals surface area contributed by atoms with Gasteiger partial charge >= 0.3 is 11.8 Å². The van der Waals surface area contributed by atoms with Crippen molar-refractivity contribution in [1.82, 2.24) is 14.9 Å². The number of rotatable bonds is 7. The Morgan fingerprint density at radius 2 is 1.84 bits per heavy atom. The van der Waals surface area contributed by atoms with Crippen molar-refractivity contribution in [3.8, 4) is 0 Å². The van der Waals surface area contributed by atoms with Gasteiger partial charge in [-0.2, -0.15) is 4.31 Å². The number of aryl methyl sites for hydroxylation is 1. The van der Waals surface area contributed by atoms with Gasteiger partial charge in [0.25, 0.3) is 0 Å². The molecule has 0 radical (unpaired) electrons. The summed E-state index contributed by atoms with van der Waals surface area (Å²) >= 11 is 0. The molecule has 32 heavy (non-hydrogen) atoms. The lowest BCUT2D eigenvalue weighted by molar-refractivity contribution is -0.140. The third-order valence-corrected chi connectivity index (χ3v) is 6.96. The van der Waals surface area contributed by atoms with Crippen LogP contribution < -0.4 is 10.6 Å². The Labute approximate surface area is 186 Å². The third-order valence-electron chi connectivity index (χ3n) is 5.08. The summed E-state index contributed by atoms with van der Waals surface area (Å²) in [6.45, 7) is 2.08. The first-order valence-electron chi connectivity index (χ1n) is 10.3. The first kappa shape index (κ1) is 23.8. The van der Waals surface area contributed by atoms with Crippen LogP contribution in [-0.4, -0.2) is 57.0 Å². The lowest BCUT2D eigenvalue weighted by Crippen LogP contribution is -2.53. The molecule has 2 amide bonds. The minimum absolute atomic E-state index is 0.0584. The van der Waals surface area contributed by atoms with Gasteiger partial charge in [-0.25, -0.2) is 12.8 Å². The molecule has 1 aliphatic heterocycles. The lowest BCUT2D eigenvalue weighted by Gasteiger charge is -2.34. The number of benzene rings is 2. The van der Waals surface area contributed by atoms with E-state index in [0.29, 0.717) is 26.0 Å². The molecule has 0 spiro atoms. The summed E-state index contributed by atoms with van der Waals surface area (Å²) in [5, 5.41) is 4.97. The molecule has 2 N–H and O–H groups in total. The highest BCUT2D eigenvalue weighted by molar-refractivity contribution is 7.89. The molecular formula is C22H26FN3O5S. The van der Waals surface area contributed by atoms with Crippen LogP contribution in [0.4, 0.5) is 4.39 Å². The van der Waals surface area contributed by atoms with Gasteiger partial charge in [0.15, 0.2) is 0 Å². The lowest BCUT2D eigenvalue weighted by atomic mass is 10.1. The highest BCUT2D eigenvalue weighted by Gasteiger charge is 2.35. The van der Waals surface area contributed by atoms with Gasteiger partial charge in [-0.15, -0.1) is 0 Å². The fourth-order valence-corrected chi connectivity index (χ4v) is 4.97. The summed E-state index contributed by atoms with van der Waals surface area (Å²) in [4.78, 5) is 24.1. The summed E-state index contributed by atoms with van der Waals surface area (Å²) in [6.07, 6.45) is 0.0820. The van der Waals surface area contributed by atoms with Crippen LogP contribution in [0.1, 0.15) is 17.5 Å². The number of nitrogens with one attached hydrogen (secondary N) is 2. The molecule has 2 aromatic rings. The number of nitrogens with zero attached hydrogens (tertiary/aromatic N) is 1. The van der Waals surface area contributed by atoms with Crippen molar-refractivity contribution >= 4 is 21.8 Å². The maximum Gasteiger partial charge on any atom is 0.309 e. The zero-order valence-electron chi connectivity index (χ0n) is 17.7. The van der Waals surface area contributed by atoms with Gasteiger partial charge in [0, 0.05) is 13.1 Å². The third kappa shape index (κ3) is 5.90. The molecule has 10 heteroatoms. The maximum atomic E-state index is 13.6. The van der Waals surface area contributed by atoms with E-state index < -0.39 is 33.9 Å². The van der Waals surface area contributed by atoms with Crippen LogP contribution in [0.5, 0.6) is 0 Å². The summed E-state index contributed by atoms with van der Waals surface area (Å²) in [5.74, 6) is -2.18. The van der Waals surface area contributed by atoms with E-state index in [9.17, 15) is 22.4 Å². The van der Waals surface area contributed by atoms with Crippen molar-refractivity contribution < 1.29 is 27.1 Å². The van der Waals surface area contributed by atoms with Gasteiger partial charge in [0.1, 0.15) is 12.0 Å². The van der Waals surface area contributed by atoms with Gasteiger partial charge in [0.2, 0.25) is 10.0 Å². The Bertz CT molecular complexity index is 1060. The minimum Gasteiger partial charge on any atom is -0.360 e. The minimum atomic E-state index is -3.97. The standard InChI is InChI=1S/C22H26FN3O5S/c1-16-14-18(8-9-19(16)23)32(29,30)26-12-5-13-31-20(26)15-25-22(28)21(27)24-11-10-17-6-3-2-4-7-17/h2-4,6-9,14,20H,5,10-13,15H2,1H3,(H,24,27)(H,25,28)/t20-/m0/s1. The van der Waals surface area contributed by atoms with Crippen LogP contribution in [-0.2, 0) is 30.8 Å². The molecule has 0 unspecified atom stereocenters. The van der Waals surface area contributed by atoms with Crippen molar-refractivity contribution in [2.45, 2.75) is 30.9 Å². The summed E-state index contributed by atoms with van der Waals surface area (Å²) < 4.78 is 46.3. The van der Waals surface area contributed by atoms with Gasteiger partial charge in [-0.05, 0) is 49.1 Å². The van der Waals surface area contributed by atoms with E-state index >= 15 is 0 Å². The largest absolute Gasteiger partial charge is 0.360 e. The number of carbonyl (C=O) groups is 2. The van der Waals surface area contributed by atoms with Crippen molar-refractivity contribution in [2.24, 2.45) is 0 Å². The molecule has 8 nitrogen and oxygen atoms in total. The average molecular weight is 464 g/mol. The Hall–Kier alpha value is -2.82. The molecule has 172 valence electrons. The first-order chi connectivity index (χ1) is 15.3. The topological polar surface area (TPSA) is 105 Å². The normalized spacial score (nSPS) is 17.0. The number of hydrogen-bond donors (Lipinski definition) is 2. The van der Waals surface area contributed by atoms with E-state index in [4.69, 9.17) is 4.74 Å². The van der Waals surface area contributed by atoms with Crippen molar-refractivity contribution in [3.05, 3.63) is 65.5 Å². The van der Waals surface area contributed by atoms with Crippen molar-refractivity contribution in [2.75, 3.05) is 26.2 Å². The zero-order chi connectivity index (χ0) is 23.1. The van der Waals surface area contributed by atoms with Crippen LogP contribution in [0.25, 0.3) is 0 Å². The molecule has 2 aromatic carbocycles. The molecule has 1 atom stereocenters. The van der Waals surface area contributed by atoms with Gasteiger partial charge in [-0.1, -0.05) is 30.3 Å². The maximum absolute atomic E-state index is 13.6. The molecule has 1 saturated heterocycles. The quantitative estimate of drug-likeness (QED) is 0.603. The number of hydrogen-bond acceptors (Lipinski definition) is 5. The highest BCUT2D eigenvalue weighted by atomic mass is 32.2. The molecule has 1 heterocycles. The Morgan fingerprint density at radius 1 is 1.12 bits per heavy atom. The number of halogens is 1. The van der Waals surface area contributed by atoms with E-state index in [1.54, 1.807) is 0 Å². The van der Waals surface area contributed by atoms with E-state index in [1.165, 1.54) is 19.1 Å². The molecule has 1 aliphatic rings. The second kappa shape index (κ2) is 10.7. The first-order valence-corrected chi connectivity index (χ1v) is 11.7. The molecular weight excluding hydrogens is 437 g/mol. The second-order valence-corrected chi connectivity index (χ2v) is 9.30. The van der Waals surface area contributed by atoms with E-state index in [2.05, 4.69) is 10.6 Å². The van der Waals surface area contributed by atoms with E-state index in [0.717, 1.165) is 15.9 Å². The van der Waals surface area contributed by atoms with Gasteiger partial charge in [0.05, 0.1) is 18.0 Å². The number of sulfonamides is 1. The van der Waals surface area contributed by atoms with Crippen molar-refractivity contribution in [1.29, 1.82) is 0 Å². The molecule has 0 aliphatic carbocycles. The number of amides is 2. The fraction of sp³-hybridized carbons (Fsp3) is 0.364. The van der Waals surface area contributed by atoms with Crippen LogP contribution >= 0.6 is 0 Å². The zero-order valence-corrected chi connectivity index (χ0v) is 18.5. The number of ether oxygens (including phenoxy) is 1. The van der Waals surface area contributed by atoms with Crippen molar-refractivity contribution in [3.63, 3.8) is 0 Å². The predicted octanol–water partition coefficient (Wildman–Crippen LogP) is 1.35. The summed E-state index contributed by atoms with van der Waals surface area (Å²) in [6, 6.07) is 13.1. The molecule has 0 saturated carbocycles. The van der Waals surface area contributed by atoms with Crippen LogP contribution in [0.3, 0.4) is 0 Å². The number of carbonyl (C=O) groups excluding carboxylic acids is 2. The van der Waals surface area contributed by atoms with Crippen LogP contribution in [0.2, 0.25) is 0 Å². The Balaban J connectivity index is 1.57. The molecule has 0 aromatic heterocycles. The monoisotopic (exact) mass is 463 g/mol. The van der Waals surface area contributed by atoms with Gasteiger partial charge in [-0.3, -0.25) is 9.59 Å². The molecule has 3 rings (SSSR count). The predicted molar refractivity (Wildman–Crippen MR) is 116 cm³/mol. The summed E-state index contributed by atoms with van der Waals surface area (Å²) in [5.41, 5.74) is 1.24. The second-order valence-electron chi connectivity index (χ2n) is 7.41. The highest BCUT2D eigenvalue weighted by Crippen LogP contribution is 2.23. The van der Waals surface area contributed by atoms with Crippen LogP contribution in [0.15, 0.2) is 53.4 Å². The fourth-order valence-electron chi connectivity index (χ4n) is 3.32. The SMILES string of the molecule is Cc1cc(S(=O)(=O)N2CCCO[C@H]2CNC(=O)C(=O)NCCc2ccccc2)ccc1F. The summed E-state index contributed by atoms with van der Waals surface area (Å²) in [7, 11) is -3.97. The molecule has 1 fully saturated rings.